The van der Waals surface area contributed by atoms with Crippen LogP contribution in [0.5, 0.6) is 11.6 Å². The molecule has 1 aromatic heterocycles. The minimum absolute atomic E-state index is 0.0725. The number of hydrogen-bond acceptors (Lipinski definition) is 5. The van der Waals surface area contributed by atoms with Gasteiger partial charge in [0.2, 0.25) is 0 Å². The predicted octanol–water partition coefficient (Wildman–Crippen LogP) is 3.04. The Morgan fingerprint density at radius 2 is 2.05 bits per heavy atom. The lowest BCUT2D eigenvalue weighted by Crippen LogP contribution is -1.96. The van der Waals surface area contributed by atoms with E-state index >= 15 is 0 Å². The Hall–Kier alpha value is -1.99. The molecule has 2 aromatic rings. The number of halogens is 1. The van der Waals surface area contributed by atoms with Gasteiger partial charge in [-0.25, -0.2) is 4.98 Å². The smallest absolute Gasteiger partial charge is 0.332 e. The first-order chi connectivity index (χ1) is 9.10. The average molecular weight is 325 g/mol. The summed E-state index contributed by atoms with van der Waals surface area (Å²) in [6.45, 7) is -0.0725. The zero-order valence-corrected chi connectivity index (χ0v) is 11.2. The topological polar surface area (TPSA) is 85.5 Å². The molecule has 7 heteroatoms. The molecule has 0 saturated heterocycles. The number of aromatic nitrogens is 1. The molecule has 0 aliphatic carbocycles. The summed E-state index contributed by atoms with van der Waals surface area (Å²) in [4.78, 5) is 14.2. The molecule has 0 aliphatic heterocycles. The van der Waals surface area contributed by atoms with Crippen molar-refractivity contribution in [2.24, 2.45) is 0 Å². The molecule has 0 bridgehead atoms. The molecule has 0 fully saturated rings. The molecular formula is C12H9BrN2O4. The maximum atomic E-state index is 10.9. The quantitative estimate of drug-likeness (QED) is 0.690. The Bertz CT molecular complexity index is 601. The van der Waals surface area contributed by atoms with E-state index in [-0.39, 0.29) is 18.2 Å². The number of rotatable bonds is 4. The van der Waals surface area contributed by atoms with Crippen molar-refractivity contribution >= 4 is 21.6 Å². The summed E-state index contributed by atoms with van der Waals surface area (Å²) < 4.78 is 5.87. The first-order valence-corrected chi connectivity index (χ1v) is 6.07. The summed E-state index contributed by atoms with van der Waals surface area (Å²) in [5.74, 6) is 0.333. The Morgan fingerprint density at radius 3 is 2.63 bits per heavy atom. The van der Waals surface area contributed by atoms with Crippen LogP contribution in [0.2, 0.25) is 0 Å². The second kappa shape index (κ2) is 5.77. The van der Waals surface area contributed by atoms with E-state index in [2.05, 4.69) is 20.9 Å². The van der Waals surface area contributed by atoms with E-state index in [0.717, 1.165) is 5.56 Å². The first-order valence-electron chi connectivity index (χ1n) is 5.27. The molecule has 0 radical (unpaired) electrons. The second-order valence-corrected chi connectivity index (χ2v) is 4.55. The predicted molar refractivity (Wildman–Crippen MR) is 71.0 cm³/mol. The van der Waals surface area contributed by atoms with E-state index in [4.69, 9.17) is 9.84 Å². The van der Waals surface area contributed by atoms with E-state index in [1.54, 1.807) is 24.3 Å². The van der Waals surface area contributed by atoms with Crippen LogP contribution in [-0.4, -0.2) is 15.0 Å². The zero-order chi connectivity index (χ0) is 13.8. The van der Waals surface area contributed by atoms with E-state index in [9.17, 15) is 10.1 Å². The number of ether oxygens (including phenoxy) is 1. The summed E-state index contributed by atoms with van der Waals surface area (Å²) in [6, 6.07) is 7.88. The monoisotopic (exact) mass is 324 g/mol. The van der Waals surface area contributed by atoms with Crippen LogP contribution in [0.1, 0.15) is 5.56 Å². The van der Waals surface area contributed by atoms with E-state index in [1.807, 2.05) is 0 Å². The van der Waals surface area contributed by atoms with Gasteiger partial charge in [0.05, 0.1) is 11.5 Å². The fourth-order valence-corrected chi connectivity index (χ4v) is 1.72. The van der Waals surface area contributed by atoms with Gasteiger partial charge in [0, 0.05) is 16.7 Å². The van der Waals surface area contributed by atoms with Crippen molar-refractivity contribution < 1.29 is 14.8 Å². The van der Waals surface area contributed by atoms with Crippen molar-refractivity contribution in [3.05, 3.63) is 56.7 Å². The van der Waals surface area contributed by atoms with Gasteiger partial charge in [-0.2, -0.15) is 0 Å². The molecule has 6 nitrogen and oxygen atoms in total. The standard InChI is InChI=1S/C12H9BrN2O4/c13-9-5-11(15(17)18)12(14-6-9)19-10-3-1-8(7-16)2-4-10/h1-6,16H,7H2. The summed E-state index contributed by atoms with van der Waals surface area (Å²) >= 11 is 3.12. The van der Waals surface area contributed by atoms with Gasteiger partial charge >= 0.3 is 5.69 Å². The molecule has 0 aliphatic rings. The van der Waals surface area contributed by atoms with Crippen LogP contribution in [0.4, 0.5) is 5.69 Å². The summed E-state index contributed by atoms with van der Waals surface area (Å²) in [7, 11) is 0. The Balaban J connectivity index is 2.29. The van der Waals surface area contributed by atoms with E-state index < -0.39 is 4.92 Å². The van der Waals surface area contributed by atoms with Crippen molar-refractivity contribution in [2.75, 3.05) is 0 Å². The van der Waals surface area contributed by atoms with Gasteiger partial charge in [-0.3, -0.25) is 10.1 Å². The fraction of sp³-hybridized carbons (Fsp3) is 0.0833. The third kappa shape index (κ3) is 3.27. The average Bonchev–Trinajstić information content (AvgIpc) is 2.41. The third-order valence-electron chi connectivity index (χ3n) is 2.32. The van der Waals surface area contributed by atoms with Gasteiger partial charge in [0.25, 0.3) is 5.88 Å². The van der Waals surface area contributed by atoms with Crippen LogP contribution >= 0.6 is 15.9 Å². The zero-order valence-electron chi connectivity index (χ0n) is 9.62. The van der Waals surface area contributed by atoms with Crippen LogP contribution in [0.3, 0.4) is 0 Å². The SMILES string of the molecule is O=[N+]([O-])c1cc(Br)cnc1Oc1ccc(CO)cc1. The summed E-state index contributed by atoms with van der Waals surface area (Å²) in [5, 5.41) is 19.8. The molecule has 0 unspecified atom stereocenters. The van der Waals surface area contributed by atoms with Crippen molar-refractivity contribution in [1.29, 1.82) is 0 Å². The molecule has 1 N–H and O–H groups in total. The highest BCUT2D eigenvalue weighted by Gasteiger charge is 2.18. The van der Waals surface area contributed by atoms with Crippen molar-refractivity contribution in [2.45, 2.75) is 6.61 Å². The van der Waals surface area contributed by atoms with Crippen molar-refractivity contribution in [3.63, 3.8) is 0 Å². The molecule has 1 heterocycles. The van der Waals surface area contributed by atoms with Crippen LogP contribution in [-0.2, 0) is 6.61 Å². The lowest BCUT2D eigenvalue weighted by atomic mass is 10.2. The largest absolute Gasteiger partial charge is 0.434 e. The van der Waals surface area contributed by atoms with Gasteiger partial charge in [-0.15, -0.1) is 0 Å². The minimum Gasteiger partial charge on any atom is -0.434 e. The van der Waals surface area contributed by atoms with Gasteiger partial charge in [0.1, 0.15) is 5.75 Å². The van der Waals surface area contributed by atoms with Crippen LogP contribution in [0.25, 0.3) is 0 Å². The van der Waals surface area contributed by atoms with Gasteiger partial charge in [0.15, 0.2) is 0 Å². The third-order valence-corrected chi connectivity index (χ3v) is 2.75. The number of pyridine rings is 1. The van der Waals surface area contributed by atoms with Gasteiger partial charge < -0.3 is 9.84 Å². The number of benzene rings is 1. The Kier molecular flexibility index (Phi) is 4.08. The highest BCUT2D eigenvalue weighted by atomic mass is 79.9. The molecule has 0 saturated carbocycles. The first kappa shape index (κ1) is 13.4. The number of aliphatic hydroxyl groups excluding tert-OH is 1. The summed E-state index contributed by atoms with van der Waals surface area (Å²) in [5.41, 5.74) is 0.506. The Labute approximate surface area is 117 Å². The lowest BCUT2D eigenvalue weighted by Gasteiger charge is -2.05. The van der Waals surface area contributed by atoms with Crippen LogP contribution < -0.4 is 4.74 Å². The van der Waals surface area contributed by atoms with Crippen molar-refractivity contribution in [3.8, 4) is 11.6 Å². The number of hydrogen-bond donors (Lipinski definition) is 1. The molecule has 0 spiro atoms. The molecular weight excluding hydrogens is 316 g/mol. The Morgan fingerprint density at radius 1 is 1.37 bits per heavy atom. The second-order valence-electron chi connectivity index (χ2n) is 3.64. The maximum Gasteiger partial charge on any atom is 0.332 e. The van der Waals surface area contributed by atoms with E-state index in [0.29, 0.717) is 10.2 Å². The fourth-order valence-electron chi connectivity index (χ4n) is 1.40. The minimum atomic E-state index is -0.560. The summed E-state index contributed by atoms with van der Waals surface area (Å²) in [6.07, 6.45) is 1.42. The molecule has 1 aromatic carbocycles. The number of aliphatic hydroxyl groups is 1. The molecule has 2 rings (SSSR count). The van der Waals surface area contributed by atoms with E-state index in [1.165, 1.54) is 12.3 Å². The maximum absolute atomic E-state index is 10.9. The highest BCUT2D eigenvalue weighted by molar-refractivity contribution is 9.10. The lowest BCUT2D eigenvalue weighted by molar-refractivity contribution is -0.386. The van der Waals surface area contributed by atoms with Crippen molar-refractivity contribution in [1.82, 2.24) is 4.98 Å². The number of nitro groups is 1. The molecule has 98 valence electrons. The van der Waals surface area contributed by atoms with Gasteiger partial charge in [-0.05, 0) is 33.6 Å². The van der Waals surface area contributed by atoms with Crippen LogP contribution in [0.15, 0.2) is 41.0 Å². The molecule has 0 atom stereocenters. The van der Waals surface area contributed by atoms with Crippen LogP contribution in [0, 0.1) is 10.1 Å². The molecule has 0 amide bonds. The molecule has 19 heavy (non-hydrogen) atoms. The number of nitrogens with zero attached hydrogens (tertiary/aromatic N) is 2. The highest BCUT2D eigenvalue weighted by Crippen LogP contribution is 2.31. The normalized spacial score (nSPS) is 10.2. The van der Waals surface area contributed by atoms with Gasteiger partial charge in [-0.1, -0.05) is 12.1 Å².